The predicted molar refractivity (Wildman–Crippen MR) is 86.4 cm³/mol. The second kappa shape index (κ2) is 8.16. The Morgan fingerprint density at radius 3 is 2.40 bits per heavy atom. The van der Waals surface area contributed by atoms with Crippen LogP contribution in [0.4, 0.5) is 0 Å². The van der Waals surface area contributed by atoms with Crippen molar-refractivity contribution < 1.29 is 0 Å². The molecule has 0 amide bonds. The molecule has 2 aliphatic rings. The third-order valence-corrected chi connectivity index (χ3v) is 5.46. The number of allylic oxidation sites excluding steroid dienone is 1. The minimum atomic E-state index is 0.365. The summed E-state index contributed by atoms with van der Waals surface area (Å²) >= 11 is 0. The number of nitrogens with zero attached hydrogens (tertiary/aromatic N) is 1. The third-order valence-electron chi connectivity index (χ3n) is 5.46. The molecule has 1 saturated carbocycles. The molecule has 2 fully saturated rings. The van der Waals surface area contributed by atoms with Gasteiger partial charge in [0.2, 0.25) is 0 Å². The quantitative estimate of drug-likeness (QED) is 0.294. The van der Waals surface area contributed by atoms with Crippen LogP contribution in [0.5, 0.6) is 0 Å². The molecule has 20 heavy (non-hydrogen) atoms. The maximum atomic E-state index is 5.95. The van der Waals surface area contributed by atoms with Gasteiger partial charge in [-0.05, 0) is 58.0 Å². The van der Waals surface area contributed by atoms with E-state index < -0.39 is 0 Å². The van der Waals surface area contributed by atoms with Crippen molar-refractivity contribution in [3.05, 3.63) is 12.7 Å². The Labute approximate surface area is 124 Å². The van der Waals surface area contributed by atoms with Gasteiger partial charge < -0.3 is 0 Å². The molecule has 3 nitrogen and oxygen atoms in total. The SMILES string of the molecule is C=CCCCCCC(NN)C1(N2CCCC2)CCCC1. The largest absolute Gasteiger partial charge is 0.296 e. The normalized spacial score (nSPS) is 24.1. The van der Waals surface area contributed by atoms with Gasteiger partial charge in [0, 0.05) is 11.6 Å². The number of unbranched alkanes of at least 4 members (excludes halogenated alkanes) is 3. The second-order valence-corrected chi connectivity index (χ2v) is 6.65. The number of likely N-dealkylation sites (tertiary alicyclic amines) is 1. The molecule has 0 aromatic heterocycles. The zero-order chi connectivity index (χ0) is 14.3. The van der Waals surface area contributed by atoms with Gasteiger partial charge >= 0.3 is 0 Å². The van der Waals surface area contributed by atoms with Gasteiger partial charge in [-0.3, -0.25) is 16.2 Å². The van der Waals surface area contributed by atoms with E-state index >= 15 is 0 Å². The van der Waals surface area contributed by atoms with Crippen molar-refractivity contribution in [1.29, 1.82) is 0 Å². The van der Waals surface area contributed by atoms with Gasteiger partial charge in [-0.2, -0.15) is 0 Å². The number of hydrazine groups is 1. The first-order valence-electron chi connectivity index (χ1n) is 8.65. The standard InChI is InChI=1S/C17H33N3/c1-2-3-4-5-6-11-16(19-18)17(12-7-8-13-17)20-14-9-10-15-20/h2,16,19H,1,3-15,18H2. The molecule has 0 aromatic carbocycles. The van der Waals surface area contributed by atoms with E-state index in [9.17, 15) is 0 Å². The maximum absolute atomic E-state index is 5.95. The van der Waals surface area contributed by atoms with Crippen LogP contribution < -0.4 is 11.3 Å². The summed E-state index contributed by atoms with van der Waals surface area (Å²) in [5.41, 5.74) is 3.56. The minimum absolute atomic E-state index is 0.365. The second-order valence-electron chi connectivity index (χ2n) is 6.65. The molecule has 1 heterocycles. The lowest BCUT2D eigenvalue weighted by Gasteiger charge is -2.45. The summed E-state index contributed by atoms with van der Waals surface area (Å²) in [5, 5.41) is 0. The van der Waals surface area contributed by atoms with E-state index in [0.29, 0.717) is 11.6 Å². The number of hydrogen-bond donors (Lipinski definition) is 2. The zero-order valence-electron chi connectivity index (χ0n) is 13.1. The Morgan fingerprint density at radius 1 is 1.10 bits per heavy atom. The van der Waals surface area contributed by atoms with Gasteiger partial charge in [0.05, 0.1) is 0 Å². The molecule has 116 valence electrons. The Balaban J connectivity index is 1.89. The molecule has 1 unspecified atom stereocenters. The Kier molecular flexibility index (Phi) is 6.53. The summed E-state index contributed by atoms with van der Waals surface area (Å²) in [7, 11) is 0. The molecule has 0 radical (unpaired) electrons. The van der Waals surface area contributed by atoms with Crippen molar-refractivity contribution in [2.75, 3.05) is 13.1 Å². The first-order valence-corrected chi connectivity index (χ1v) is 8.65. The molecule has 0 spiro atoms. The van der Waals surface area contributed by atoms with Crippen LogP contribution in [0.15, 0.2) is 12.7 Å². The van der Waals surface area contributed by atoms with E-state index in [4.69, 9.17) is 5.84 Å². The smallest absolute Gasteiger partial charge is 0.0394 e. The molecule has 1 aliphatic heterocycles. The number of nitrogens with two attached hydrogens (primary N) is 1. The zero-order valence-corrected chi connectivity index (χ0v) is 13.1. The topological polar surface area (TPSA) is 41.3 Å². The molecule has 1 aliphatic carbocycles. The summed E-state index contributed by atoms with van der Waals surface area (Å²) in [4.78, 5) is 2.76. The van der Waals surface area contributed by atoms with Crippen LogP contribution in [0, 0.1) is 0 Å². The highest BCUT2D eigenvalue weighted by atomic mass is 15.3. The lowest BCUT2D eigenvalue weighted by Crippen LogP contribution is -2.60. The number of nitrogens with one attached hydrogen (secondary N) is 1. The van der Waals surface area contributed by atoms with Crippen LogP contribution in [0.3, 0.4) is 0 Å². The van der Waals surface area contributed by atoms with E-state index in [0.717, 1.165) is 6.42 Å². The monoisotopic (exact) mass is 279 g/mol. The summed E-state index contributed by atoms with van der Waals surface area (Å²) < 4.78 is 0. The van der Waals surface area contributed by atoms with Gasteiger partial charge in [-0.15, -0.1) is 6.58 Å². The fourth-order valence-electron chi connectivity index (χ4n) is 4.36. The molecule has 2 rings (SSSR count). The summed E-state index contributed by atoms with van der Waals surface area (Å²) in [6.45, 7) is 6.37. The molecule has 1 atom stereocenters. The first-order chi connectivity index (χ1) is 9.83. The Bertz CT molecular complexity index is 278. The van der Waals surface area contributed by atoms with Crippen LogP contribution >= 0.6 is 0 Å². The minimum Gasteiger partial charge on any atom is -0.296 e. The van der Waals surface area contributed by atoms with Crippen LogP contribution in [0.1, 0.15) is 70.6 Å². The maximum Gasteiger partial charge on any atom is 0.0394 e. The Hall–Kier alpha value is -0.380. The molecular formula is C17H33N3. The van der Waals surface area contributed by atoms with Crippen molar-refractivity contribution in [2.24, 2.45) is 5.84 Å². The van der Waals surface area contributed by atoms with Gasteiger partial charge in [-0.1, -0.05) is 31.8 Å². The summed E-state index contributed by atoms with van der Waals surface area (Å²) in [5.74, 6) is 5.95. The van der Waals surface area contributed by atoms with Crippen LogP contribution in [-0.4, -0.2) is 29.6 Å². The Morgan fingerprint density at radius 2 is 1.80 bits per heavy atom. The van der Waals surface area contributed by atoms with Gasteiger partial charge in [0.25, 0.3) is 0 Å². The summed E-state index contributed by atoms with van der Waals surface area (Å²) in [6.07, 6.45) is 16.5. The van der Waals surface area contributed by atoms with E-state index in [2.05, 4.69) is 16.9 Å². The number of rotatable bonds is 9. The highest BCUT2D eigenvalue weighted by molar-refractivity contribution is 5.04. The molecule has 0 aromatic rings. The van der Waals surface area contributed by atoms with E-state index in [1.807, 2.05) is 6.08 Å². The van der Waals surface area contributed by atoms with Crippen molar-refractivity contribution >= 4 is 0 Å². The molecule has 0 bridgehead atoms. The van der Waals surface area contributed by atoms with Crippen molar-refractivity contribution in [3.63, 3.8) is 0 Å². The van der Waals surface area contributed by atoms with E-state index in [1.54, 1.807) is 0 Å². The molecule has 3 heteroatoms. The highest BCUT2D eigenvalue weighted by Gasteiger charge is 2.45. The van der Waals surface area contributed by atoms with Crippen LogP contribution in [0.2, 0.25) is 0 Å². The fourth-order valence-corrected chi connectivity index (χ4v) is 4.36. The molecule has 1 saturated heterocycles. The van der Waals surface area contributed by atoms with Crippen molar-refractivity contribution in [3.8, 4) is 0 Å². The average Bonchev–Trinajstić information content (AvgIpc) is 3.13. The average molecular weight is 279 g/mol. The number of hydrogen-bond acceptors (Lipinski definition) is 3. The summed E-state index contributed by atoms with van der Waals surface area (Å²) in [6, 6.07) is 0.479. The van der Waals surface area contributed by atoms with Crippen molar-refractivity contribution in [1.82, 2.24) is 10.3 Å². The van der Waals surface area contributed by atoms with Crippen LogP contribution in [-0.2, 0) is 0 Å². The van der Waals surface area contributed by atoms with Crippen molar-refractivity contribution in [2.45, 2.75) is 82.2 Å². The van der Waals surface area contributed by atoms with E-state index in [1.165, 1.54) is 77.3 Å². The lowest BCUT2D eigenvalue weighted by atomic mass is 9.83. The highest BCUT2D eigenvalue weighted by Crippen LogP contribution is 2.41. The fraction of sp³-hybridized carbons (Fsp3) is 0.882. The van der Waals surface area contributed by atoms with Gasteiger partial charge in [0.15, 0.2) is 0 Å². The first kappa shape index (κ1) is 16.0. The predicted octanol–water partition coefficient (Wildman–Crippen LogP) is 3.36. The van der Waals surface area contributed by atoms with Gasteiger partial charge in [-0.25, -0.2) is 0 Å². The van der Waals surface area contributed by atoms with E-state index in [-0.39, 0.29) is 0 Å². The van der Waals surface area contributed by atoms with Crippen LogP contribution in [0.25, 0.3) is 0 Å². The molecule has 3 N–H and O–H groups in total. The molecular weight excluding hydrogens is 246 g/mol. The third kappa shape index (κ3) is 3.63. The lowest BCUT2D eigenvalue weighted by molar-refractivity contribution is 0.0718. The van der Waals surface area contributed by atoms with Gasteiger partial charge in [0.1, 0.15) is 0 Å².